The Kier molecular flexibility index (Phi) is 4.03. The molecule has 1 aromatic carbocycles. The van der Waals surface area contributed by atoms with Crippen molar-refractivity contribution in [1.29, 1.82) is 0 Å². The molecule has 2 unspecified atom stereocenters. The highest BCUT2D eigenvalue weighted by atomic mass is 35.5. The summed E-state index contributed by atoms with van der Waals surface area (Å²) in [6, 6.07) is 5.64. The lowest BCUT2D eigenvalue weighted by atomic mass is 9.96. The molecule has 1 saturated heterocycles. The monoisotopic (exact) mass is 305 g/mol. The Balaban J connectivity index is 1.65. The molecular formula is C15H16ClN3O2. The number of rotatable bonds is 3. The van der Waals surface area contributed by atoms with Gasteiger partial charge in [-0.25, -0.2) is 4.99 Å². The van der Waals surface area contributed by atoms with Crippen LogP contribution in [-0.2, 0) is 16.1 Å². The van der Waals surface area contributed by atoms with Crippen LogP contribution < -0.4 is 5.32 Å². The average Bonchev–Trinajstić information content (AvgIpc) is 2.53. The Bertz CT molecular complexity index is 595. The summed E-state index contributed by atoms with van der Waals surface area (Å²) in [4.78, 5) is 28.5. The maximum Gasteiger partial charge on any atom is 0.212 e. The van der Waals surface area contributed by atoms with E-state index < -0.39 is 0 Å². The van der Waals surface area contributed by atoms with Crippen LogP contribution in [-0.4, -0.2) is 41.9 Å². The van der Waals surface area contributed by atoms with E-state index in [0.717, 1.165) is 24.2 Å². The summed E-state index contributed by atoms with van der Waals surface area (Å²) in [5.74, 6) is -0.363. The first-order valence-electron chi connectivity index (χ1n) is 6.98. The molecule has 2 aliphatic rings. The lowest BCUT2D eigenvalue weighted by molar-refractivity contribution is -0.131. The van der Waals surface area contributed by atoms with Crippen molar-refractivity contribution in [2.24, 2.45) is 4.99 Å². The third-order valence-electron chi connectivity index (χ3n) is 4.06. The second kappa shape index (κ2) is 5.95. The number of nitrogens with zero attached hydrogens (tertiary/aromatic N) is 2. The second-order valence-corrected chi connectivity index (χ2v) is 5.84. The predicted octanol–water partition coefficient (Wildman–Crippen LogP) is 1.70. The van der Waals surface area contributed by atoms with E-state index in [-0.39, 0.29) is 17.9 Å². The van der Waals surface area contributed by atoms with Crippen LogP contribution >= 0.6 is 11.6 Å². The molecule has 0 bridgehead atoms. The number of piperidine rings is 1. The van der Waals surface area contributed by atoms with Crippen molar-refractivity contribution in [1.82, 2.24) is 10.2 Å². The molecule has 2 aliphatic heterocycles. The fourth-order valence-corrected chi connectivity index (χ4v) is 3.05. The number of ketones is 1. The van der Waals surface area contributed by atoms with Crippen molar-refractivity contribution in [2.45, 2.75) is 31.5 Å². The lowest BCUT2D eigenvalue weighted by Gasteiger charge is -2.37. The zero-order valence-corrected chi connectivity index (χ0v) is 12.2. The molecule has 5 nitrogen and oxygen atoms in total. The number of benzene rings is 1. The van der Waals surface area contributed by atoms with E-state index in [2.05, 4.69) is 15.2 Å². The number of aldehydes is 1. The molecule has 1 aromatic rings. The van der Waals surface area contributed by atoms with E-state index in [0.29, 0.717) is 24.3 Å². The molecule has 110 valence electrons. The molecule has 0 amide bonds. The zero-order valence-electron chi connectivity index (χ0n) is 11.5. The van der Waals surface area contributed by atoms with Crippen molar-refractivity contribution < 1.29 is 9.59 Å². The lowest BCUT2D eigenvalue weighted by Crippen LogP contribution is -2.52. The fraction of sp³-hybridized carbons (Fsp3) is 0.400. The van der Waals surface area contributed by atoms with Gasteiger partial charge in [-0.2, -0.15) is 0 Å². The highest BCUT2D eigenvalue weighted by Gasteiger charge is 2.29. The van der Waals surface area contributed by atoms with Crippen molar-refractivity contribution in [3.05, 3.63) is 28.8 Å². The average molecular weight is 306 g/mol. The molecule has 1 N–H and O–H groups in total. The van der Waals surface area contributed by atoms with E-state index in [1.165, 1.54) is 0 Å². The number of halogens is 1. The molecule has 6 heteroatoms. The highest BCUT2D eigenvalue weighted by molar-refractivity contribution is 6.30. The second-order valence-electron chi connectivity index (χ2n) is 5.40. The van der Waals surface area contributed by atoms with Gasteiger partial charge in [0, 0.05) is 24.2 Å². The minimum atomic E-state index is -0.363. The van der Waals surface area contributed by atoms with Crippen LogP contribution in [0, 0.1) is 0 Å². The van der Waals surface area contributed by atoms with Crippen LogP contribution in [0.4, 0.5) is 5.69 Å². The summed E-state index contributed by atoms with van der Waals surface area (Å²) in [6.07, 6.45) is 3.79. The van der Waals surface area contributed by atoms with Gasteiger partial charge in [0.15, 0.2) is 6.29 Å². The Labute approximate surface area is 128 Å². The fourth-order valence-electron chi connectivity index (χ4n) is 2.85. The topological polar surface area (TPSA) is 61.8 Å². The smallest absolute Gasteiger partial charge is 0.212 e. The van der Waals surface area contributed by atoms with Crippen molar-refractivity contribution in [2.75, 3.05) is 6.54 Å². The number of hydrogen-bond donors (Lipinski definition) is 1. The molecule has 0 saturated carbocycles. The molecular weight excluding hydrogens is 290 g/mol. The van der Waals surface area contributed by atoms with Gasteiger partial charge in [-0.1, -0.05) is 11.6 Å². The number of hydrogen-bond acceptors (Lipinski definition) is 5. The van der Waals surface area contributed by atoms with Gasteiger partial charge < -0.3 is 10.2 Å². The normalized spacial score (nSPS) is 24.5. The number of Topliss-reactive ketones (excluding diaryl/α,β-unsaturated/α-hetero) is 1. The van der Waals surface area contributed by atoms with Crippen LogP contribution in [0.25, 0.3) is 0 Å². The number of carbonyl (C=O) groups is 2. The number of carbonyl (C=O) groups excluding carboxylic acids is 2. The molecule has 0 aromatic heterocycles. The van der Waals surface area contributed by atoms with E-state index in [1.807, 2.05) is 24.5 Å². The number of nitrogens with one attached hydrogen (secondary N) is 1. The summed E-state index contributed by atoms with van der Waals surface area (Å²) in [5, 5.41) is 3.85. The van der Waals surface area contributed by atoms with Crippen molar-refractivity contribution in [3.63, 3.8) is 0 Å². The van der Waals surface area contributed by atoms with Gasteiger partial charge in [0.25, 0.3) is 0 Å². The quantitative estimate of drug-likeness (QED) is 0.682. The van der Waals surface area contributed by atoms with Gasteiger partial charge in [0.1, 0.15) is 0 Å². The first kappa shape index (κ1) is 14.2. The molecule has 0 spiro atoms. The highest BCUT2D eigenvalue weighted by Crippen LogP contribution is 2.29. The number of fused-ring (bicyclic) bond motifs is 1. The Morgan fingerprint density at radius 1 is 1.43 bits per heavy atom. The third kappa shape index (κ3) is 2.99. The Hall–Kier alpha value is -1.72. The standard InChI is InChI=1S/C15H16ClN3O2/c16-11-1-3-13-10(5-11)7-19(9-18-13)12-2-4-14(17-6-12)15(21)8-20/h1,3,5,8-9,12,14,17H,2,4,6-7H2. The van der Waals surface area contributed by atoms with Crippen LogP contribution in [0.2, 0.25) is 5.02 Å². The van der Waals surface area contributed by atoms with Gasteiger partial charge >= 0.3 is 0 Å². The van der Waals surface area contributed by atoms with Gasteiger partial charge in [-0.3, -0.25) is 9.59 Å². The molecule has 21 heavy (non-hydrogen) atoms. The van der Waals surface area contributed by atoms with Gasteiger partial charge in [0.2, 0.25) is 5.78 Å². The third-order valence-corrected chi connectivity index (χ3v) is 4.29. The summed E-state index contributed by atoms with van der Waals surface area (Å²) in [5.41, 5.74) is 2.06. The van der Waals surface area contributed by atoms with Crippen LogP contribution in [0.1, 0.15) is 18.4 Å². The van der Waals surface area contributed by atoms with Gasteiger partial charge in [0.05, 0.1) is 18.1 Å². The maximum absolute atomic E-state index is 11.4. The van der Waals surface area contributed by atoms with Gasteiger partial charge in [-0.05, 0) is 36.6 Å². The van der Waals surface area contributed by atoms with Gasteiger partial charge in [-0.15, -0.1) is 0 Å². The summed E-state index contributed by atoms with van der Waals surface area (Å²) in [7, 11) is 0. The first-order valence-corrected chi connectivity index (χ1v) is 7.36. The van der Waals surface area contributed by atoms with E-state index in [9.17, 15) is 9.59 Å². The minimum absolute atomic E-state index is 0.275. The zero-order chi connectivity index (χ0) is 14.8. The summed E-state index contributed by atoms with van der Waals surface area (Å²) in [6.45, 7) is 1.43. The predicted molar refractivity (Wildman–Crippen MR) is 81.0 cm³/mol. The van der Waals surface area contributed by atoms with Crippen molar-refractivity contribution >= 4 is 35.7 Å². The SMILES string of the molecule is O=CC(=O)C1CCC(N2C=Nc3ccc(Cl)cc3C2)CN1. The van der Waals surface area contributed by atoms with Crippen molar-refractivity contribution in [3.8, 4) is 0 Å². The summed E-state index contributed by atoms with van der Waals surface area (Å²) >= 11 is 6.03. The van der Waals surface area contributed by atoms with Crippen LogP contribution in [0.5, 0.6) is 0 Å². The molecule has 1 fully saturated rings. The molecule has 0 radical (unpaired) electrons. The Morgan fingerprint density at radius 2 is 2.29 bits per heavy atom. The first-order chi connectivity index (χ1) is 10.2. The molecule has 2 atom stereocenters. The van der Waals surface area contributed by atoms with E-state index >= 15 is 0 Å². The minimum Gasteiger partial charge on any atom is -0.354 e. The number of aliphatic imine (C=N–C) groups is 1. The Morgan fingerprint density at radius 3 is 3.00 bits per heavy atom. The maximum atomic E-state index is 11.4. The summed E-state index contributed by atoms with van der Waals surface area (Å²) < 4.78 is 0. The molecule has 2 heterocycles. The van der Waals surface area contributed by atoms with E-state index in [4.69, 9.17) is 11.6 Å². The van der Waals surface area contributed by atoms with Crippen LogP contribution in [0.15, 0.2) is 23.2 Å². The van der Waals surface area contributed by atoms with E-state index in [1.54, 1.807) is 0 Å². The molecule has 0 aliphatic carbocycles. The largest absolute Gasteiger partial charge is 0.354 e. The molecule has 3 rings (SSSR count). The van der Waals surface area contributed by atoms with Crippen LogP contribution in [0.3, 0.4) is 0 Å².